The Labute approximate surface area is 142 Å². The van der Waals surface area contributed by atoms with Crippen molar-refractivity contribution in [3.05, 3.63) is 54.1 Å². The number of nitrogens with zero attached hydrogens (tertiary/aromatic N) is 2. The molecule has 0 amide bonds. The van der Waals surface area contributed by atoms with Crippen LogP contribution in [0.5, 0.6) is 5.75 Å². The van der Waals surface area contributed by atoms with E-state index in [-0.39, 0.29) is 0 Å². The van der Waals surface area contributed by atoms with Crippen molar-refractivity contribution in [2.24, 2.45) is 4.99 Å². The molecule has 2 rings (SSSR count). The number of ether oxygens (including phenoxy) is 1. The average molecular weight is 325 g/mol. The number of benzene rings is 2. The van der Waals surface area contributed by atoms with Crippen molar-refractivity contribution in [1.82, 2.24) is 0 Å². The maximum Gasteiger partial charge on any atom is 0.128 e. The summed E-state index contributed by atoms with van der Waals surface area (Å²) in [6, 6.07) is 15.1. The first-order valence-electron chi connectivity index (χ1n) is 7.94. The van der Waals surface area contributed by atoms with Crippen LogP contribution in [0.4, 0.5) is 11.4 Å². The number of hydrogen-bond acceptors (Lipinski definition) is 5. The molecule has 0 radical (unpaired) electrons. The molecule has 0 heterocycles. The minimum Gasteiger partial charge on any atom is -0.546 e. The molecule has 0 atom stereocenters. The Bertz CT molecular complexity index is 692. The van der Waals surface area contributed by atoms with Gasteiger partial charge in [-0.3, -0.25) is 4.99 Å². The Morgan fingerprint density at radius 1 is 1.12 bits per heavy atom. The highest BCUT2D eigenvalue weighted by Crippen LogP contribution is 2.21. The number of carboxylic acid groups (broad SMARTS) is 1. The lowest BCUT2D eigenvalue weighted by Gasteiger charge is -2.20. The van der Waals surface area contributed by atoms with Gasteiger partial charge in [0.05, 0.1) is 11.7 Å². The van der Waals surface area contributed by atoms with Crippen LogP contribution in [0.2, 0.25) is 0 Å². The lowest BCUT2D eigenvalue weighted by Crippen LogP contribution is -2.29. The third-order valence-corrected chi connectivity index (χ3v) is 3.60. The SMILES string of the molecule is CCN(CC)c1ccc(N=Cc2ccccc2OCC(=O)[O-])cc1. The van der Waals surface area contributed by atoms with E-state index in [1.807, 2.05) is 36.4 Å². The standard InChI is InChI=1S/C19H22N2O3/c1-3-21(4-2)17-11-9-16(10-12-17)20-13-15-7-5-6-8-18(15)24-14-19(22)23/h5-13H,3-4,14H2,1-2H3,(H,22,23)/p-1. The number of anilines is 1. The molecule has 5 nitrogen and oxygen atoms in total. The summed E-state index contributed by atoms with van der Waals surface area (Å²) in [6.45, 7) is 5.69. The lowest BCUT2D eigenvalue weighted by atomic mass is 10.2. The normalized spacial score (nSPS) is 10.8. The van der Waals surface area contributed by atoms with Gasteiger partial charge in [-0.1, -0.05) is 12.1 Å². The highest BCUT2D eigenvalue weighted by molar-refractivity contribution is 5.85. The van der Waals surface area contributed by atoms with Crippen LogP contribution in [-0.2, 0) is 4.79 Å². The summed E-state index contributed by atoms with van der Waals surface area (Å²) >= 11 is 0. The Hall–Kier alpha value is -2.82. The number of carbonyl (C=O) groups is 1. The van der Waals surface area contributed by atoms with E-state index in [2.05, 4.69) is 23.7 Å². The van der Waals surface area contributed by atoms with Crippen molar-refractivity contribution in [3.8, 4) is 5.75 Å². The molecule has 0 saturated carbocycles. The minimum absolute atomic E-state index is 0.463. The molecule has 0 fully saturated rings. The average Bonchev–Trinajstić information content (AvgIpc) is 2.61. The molecule has 5 heteroatoms. The fourth-order valence-corrected chi connectivity index (χ4v) is 2.34. The molecule has 0 aliphatic heterocycles. The predicted molar refractivity (Wildman–Crippen MR) is 94.2 cm³/mol. The number of carboxylic acids is 1. The second-order valence-electron chi connectivity index (χ2n) is 5.15. The van der Waals surface area contributed by atoms with Gasteiger partial charge < -0.3 is 19.5 Å². The third kappa shape index (κ3) is 4.84. The molecule has 0 unspecified atom stereocenters. The van der Waals surface area contributed by atoms with Crippen LogP contribution in [0.1, 0.15) is 19.4 Å². The van der Waals surface area contributed by atoms with Crippen LogP contribution >= 0.6 is 0 Å². The Kier molecular flexibility index (Phi) is 6.37. The van der Waals surface area contributed by atoms with Crippen molar-refractivity contribution < 1.29 is 14.6 Å². The maximum atomic E-state index is 10.5. The zero-order valence-corrected chi connectivity index (χ0v) is 13.9. The Morgan fingerprint density at radius 3 is 2.42 bits per heavy atom. The Morgan fingerprint density at radius 2 is 1.79 bits per heavy atom. The molecule has 0 saturated heterocycles. The van der Waals surface area contributed by atoms with Crippen LogP contribution in [0.3, 0.4) is 0 Å². The molecular formula is C19H21N2O3-. The van der Waals surface area contributed by atoms with Gasteiger partial charge in [0.2, 0.25) is 0 Å². The number of hydrogen-bond donors (Lipinski definition) is 0. The molecule has 0 aromatic heterocycles. The van der Waals surface area contributed by atoms with Crippen molar-refractivity contribution in [2.75, 3.05) is 24.6 Å². The van der Waals surface area contributed by atoms with Crippen LogP contribution in [0, 0.1) is 0 Å². The predicted octanol–water partition coefficient (Wildman–Crippen LogP) is 2.41. The summed E-state index contributed by atoms with van der Waals surface area (Å²) in [5, 5.41) is 10.5. The second-order valence-corrected chi connectivity index (χ2v) is 5.15. The summed E-state index contributed by atoms with van der Waals surface area (Å²) in [5.41, 5.74) is 2.70. The van der Waals surface area contributed by atoms with Gasteiger partial charge in [-0.2, -0.15) is 0 Å². The zero-order chi connectivity index (χ0) is 17.4. The summed E-state index contributed by atoms with van der Waals surface area (Å²) in [5.74, 6) is -0.793. The number of para-hydroxylation sites is 1. The van der Waals surface area contributed by atoms with Gasteiger partial charge in [-0.25, -0.2) is 0 Å². The number of aliphatic imine (C=N–C) groups is 1. The topological polar surface area (TPSA) is 65.0 Å². The van der Waals surface area contributed by atoms with E-state index < -0.39 is 12.6 Å². The van der Waals surface area contributed by atoms with Gasteiger partial charge in [0.15, 0.2) is 0 Å². The second kappa shape index (κ2) is 8.72. The molecule has 126 valence electrons. The van der Waals surface area contributed by atoms with Crippen molar-refractivity contribution >= 4 is 23.6 Å². The summed E-state index contributed by atoms with van der Waals surface area (Å²) in [4.78, 5) is 17.2. The van der Waals surface area contributed by atoms with E-state index in [4.69, 9.17) is 4.74 Å². The largest absolute Gasteiger partial charge is 0.546 e. The van der Waals surface area contributed by atoms with Gasteiger partial charge >= 0.3 is 0 Å². The van der Waals surface area contributed by atoms with Crippen molar-refractivity contribution in [1.29, 1.82) is 0 Å². The lowest BCUT2D eigenvalue weighted by molar-refractivity contribution is -0.307. The van der Waals surface area contributed by atoms with Gasteiger partial charge in [0, 0.05) is 30.6 Å². The maximum absolute atomic E-state index is 10.5. The highest BCUT2D eigenvalue weighted by atomic mass is 16.5. The van der Waals surface area contributed by atoms with E-state index in [0.29, 0.717) is 11.3 Å². The summed E-state index contributed by atoms with van der Waals surface area (Å²) < 4.78 is 5.21. The first-order valence-corrected chi connectivity index (χ1v) is 7.94. The molecule has 24 heavy (non-hydrogen) atoms. The van der Waals surface area contributed by atoms with Gasteiger partial charge in [0.1, 0.15) is 12.4 Å². The van der Waals surface area contributed by atoms with Gasteiger partial charge in [-0.15, -0.1) is 0 Å². The van der Waals surface area contributed by atoms with Gasteiger partial charge in [-0.05, 0) is 50.2 Å². The molecule has 2 aromatic rings. The van der Waals surface area contributed by atoms with Gasteiger partial charge in [0.25, 0.3) is 0 Å². The Balaban J connectivity index is 2.12. The molecule has 0 aliphatic rings. The number of carbonyl (C=O) groups excluding carboxylic acids is 1. The first-order chi connectivity index (χ1) is 11.6. The van der Waals surface area contributed by atoms with Crippen molar-refractivity contribution in [2.45, 2.75) is 13.8 Å². The van der Waals surface area contributed by atoms with E-state index in [0.717, 1.165) is 24.5 Å². The molecule has 0 spiro atoms. The number of rotatable bonds is 8. The number of aliphatic carboxylic acids is 1. The molecule has 0 bridgehead atoms. The fraction of sp³-hybridized carbons (Fsp3) is 0.263. The van der Waals surface area contributed by atoms with E-state index in [1.165, 1.54) is 0 Å². The zero-order valence-electron chi connectivity index (χ0n) is 13.9. The minimum atomic E-state index is -1.26. The van der Waals surface area contributed by atoms with E-state index in [9.17, 15) is 9.90 Å². The summed E-state index contributed by atoms with van der Waals surface area (Å²) in [6.07, 6.45) is 1.66. The fourth-order valence-electron chi connectivity index (χ4n) is 2.34. The molecule has 2 aromatic carbocycles. The van der Waals surface area contributed by atoms with E-state index in [1.54, 1.807) is 18.3 Å². The van der Waals surface area contributed by atoms with Crippen LogP contribution in [0.15, 0.2) is 53.5 Å². The van der Waals surface area contributed by atoms with Crippen LogP contribution < -0.4 is 14.7 Å². The van der Waals surface area contributed by atoms with Crippen LogP contribution in [0.25, 0.3) is 0 Å². The monoisotopic (exact) mass is 325 g/mol. The van der Waals surface area contributed by atoms with Crippen molar-refractivity contribution in [3.63, 3.8) is 0 Å². The summed E-state index contributed by atoms with van der Waals surface area (Å²) in [7, 11) is 0. The van der Waals surface area contributed by atoms with Crippen LogP contribution in [-0.4, -0.2) is 31.9 Å². The molecule has 0 aliphatic carbocycles. The smallest absolute Gasteiger partial charge is 0.128 e. The van der Waals surface area contributed by atoms with E-state index >= 15 is 0 Å². The molecule has 0 N–H and O–H groups in total. The quantitative estimate of drug-likeness (QED) is 0.699. The molecular weight excluding hydrogens is 304 g/mol. The highest BCUT2D eigenvalue weighted by Gasteiger charge is 2.02. The first kappa shape index (κ1) is 17.5. The third-order valence-electron chi connectivity index (χ3n) is 3.60.